The number of anilines is 3. The maximum atomic E-state index is 6.30. The molecule has 0 aliphatic heterocycles. The molecular formula is C47H33NO. The highest BCUT2D eigenvalue weighted by atomic mass is 16.3. The average Bonchev–Trinajstić information content (AvgIpc) is 3.63. The summed E-state index contributed by atoms with van der Waals surface area (Å²) in [6.45, 7) is 4.71. The van der Waals surface area contributed by atoms with Crippen LogP contribution >= 0.6 is 0 Å². The van der Waals surface area contributed by atoms with Crippen molar-refractivity contribution in [3.63, 3.8) is 0 Å². The van der Waals surface area contributed by atoms with Crippen molar-refractivity contribution in [3.05, 3.63) is 175 Å². The Bertz CT molecular complexity index is 2760. The Morgan fingerprint density at radius 1 is 0.429 bits per heavy atom. The van der Waals surface area contributed by atoms with Gasteiger partial charge in [0.1, 0.15) is 11.2 Å². The first-order valence-electron chi connectivity index (χ1n) is 17.0. The number of nitrogens with zero attached hydrogens (tertiary/aromatic N) is 1. The summed E-state index contributed by atoms with van der Waals surface area (Å²) in [5, 5.41) is 7.15. The minimum absolute atomic E-state index is 0.125. The van der Waals surface area contributed by atoms with Gasteiger partial charge in [0.15, 0.2) is 0 Å². The Hall–Kier alpha value is -6.12. The molecule has 1 heterocycles. The summed E-state index contributed by atoms with van der Waals surface area (Å²) in [5.74, 6) is 0. The lowest BCUT2D eigenvalue weighted by Gasteiger charge is -2.30. The third kappa shape index (κ3) is 4.14. The number of benzene rings is 8. The van der Waals surface area contributed by atoms with Crippen LogP contribution in [0.5, 0.6) is 0 Å². The number of hydrogen-bond acceptors (Lipinski definition) is 2. The molecular weight excluding hydrogens is 595 g/mol. The summed E-state index contributed by atoms with van der Waals surface area (Å²) in [6.07, 6.45) is 0. The summed E-state index contributed by atoms with van der Waals surface area (Å²) < 4.78 is 6.30. The predicted octanol–water partition coefficient (Wildman–Crippen LogP) is 13.3. The van der Waals surface area contributed by atoms with E-state index in [0.29, 0.717) is 0 Å². The molecule has 232 valence electrons. The lowest BCUT2D eigenvalue weighted by atomic mass is 9.82. The molecule has 0 amide bonds. The van der Waals surface area contributed by atoms with Gasteiger partial charge in [-0.2, -0.15) is 0 Å². The van der Waals surface area contributed by atoms with Crippen LogP contribution in [0.2, 0.25) is 0 Å². The molecule has 0 saturated heterocycles. The van der Waals surface area contributed by atoms with Crippen molar-refractivity contribution in [1.82, 2.24) is 0 Å². The first-order chi connectivity index (χ1) is 24.1. The summed E-state index contributed by atoms with van der Waals surface area (Å²) in [4.78, 5) is 2.46. The van der Waals surface area contributed by atoms with E-state index in [1.807, 2.05) is 6.07 Å². The van der Waals surface area contributed by atoms with Gasteiger partial charge in [0.25, 0.3) is 0 Å². The summed E-state index contributed by atoms with van der Waals surface area (Å²) >= 11 is 0. The summed E-state index contributed by atoms with van der Waals surface area (Å²) in [7, 11) is 0. The van der Waals surface area contributed by atoms with Gasteiger partial charge >= 0.3 is 0 Å². The molecule has 0 unspecified atom stereocenters. The molecule has 1 aliphatic rings. The van der Waals surface area contributed by atoms with Crippen LogP contribution in [0.1, 0.15) is 25.0 Å². The molecule has 2 heteroatoms. The lowest BCUT2D eigenvalue weighted by Crippen LogP contribution is -2.17. The quantitative estimate of drug-likeness (QED) is 0.193. The van der Waals surface area contributed by atoms with Gasteiger partial charge in [0.05, 0.1) is 5.69 Å². The summed E-state index contributed by atoms with van der Waals surface area (Å²) in [5.41, 5.74) is 12.8. The number of para-hydroxylation sites is 1. The van der Waals surface area contributed by atoms with Crippen LogP contribution in [-0.4, -0.2) is 0 Å². The van der Waals surface area contributed by atoms with Gasteiger partial charge in [-0.3, -0.25) is 0 Å². The standard InChI is InChI=1S/C47H33NO/c1-47(2)41-20-9-7-17-36(41)37-25-23-33(29-42(37)47)48(32-24-27-45-40(28-32)38-18-8-10-21-44(38)49-45)43-26-22-31-13-4-6-16-35(31)46(43)39-19-11-14-30-12-3-5-15-34(30)39/h3-29H,1-2H3. The van der Waals surface area contributed by atoms with E-state index in [2.05, 4.69) is 176 Å². The number of furan rings is 1. The van der Waals surface area contributed by atoms with Gasteiger partial charge in [0, 0.05) is 33.1 Å². The van der Waals surface area contributed by atoms with E-state index >= 15 is 0 Å². The van der Waals surface area contributed by atoms with Crippen LogP contribution in [0, 0.1) is 0 Å². The number of rotatable bonds is 4. The zero-order valence-electron chi connectivity index (χ0n) is 27.4. The largest absolute Gasteiger partial charge is 0.456 e. The second-order valence-electron chi connectivity index (χ2n) is 13.7. The fraction of sp³-hybridized carbons (Fsp3) is 0.0638. The van der Waals surface area contributed by atoms with Crippen LogP contribution in [0.4, 0.5) is 17.1 Å². The zero-order valence-corrected chi connectivity index (χ0v) is 27.4. The third-order valence-electron chi connectivity index (χ3n) is 10.7. The van der Waals surface area contributed by atoms with Crippen molar-refractivity contribution in [2.24, 2.45) is 0 Å². The van der Waals surface area contributed by atoms with E-state index in [0.717, 1.165) is 39.0 Å². The van der Waals surface area contributed by atoms with Crippen molar-refractivity contribution in [2.45, 2.75) is 19.3 Å². The second kappa shape index (κ2) is 10.4. The Morgan fingerprint density at radius 3 is 1.92 bits per heavy atom. The predicted molar refractivity (Wildman–Crippen MR) is 206 cm³/mol. The first-order valence-corrected chi connectivity index (χ1v) is 17.0. The molecule has 1 aliphatic carbocycles. The Kier molecular flexibility index (Phi) is 5.95. The van der Waals surface area contributed by atoms with Gasteiger partial charge in [-0.25, -0.2) is 0 Å². The Labute approximate surface area is 285 Å². The zero-order chi connectivity index (χ0) is 32.7. The molecule has 0 spiro atoms. The van der Waals surface area contributed by atoms with Crippen LogP contribution in [-0.2, 0) is 5.41 Å². The van der Waals surface area contributed by atoms with Gasteiger partial charge in [0.2, 0.25) is 0 Å². The van der Waals surface area contributed by atoms with Gasteiger partial charge in [-0.1, -0.05) is 135 Å². The molecule has 9 aromatic rings. The number of fused-ring (bicyclic) bond motifs is 8. The molecule has 0 N–H and O–H groups in total. The fourth-order valence-corrected chi connectivity index (χ4v) is 8.28. The molecule has 1 aromatic heterocycles. The van der Waals surface area contributed by atoms with Crippen molar-refractivity contribution in [1.29, 1.82) is 0 Å². The fourth-order valence-electron chi connectivity index (χ4n) is 8.28. The van der Waals surface area contributed by atoms with E-state index in [-0.39, 0.29) is 5.41 Å². The lowest BCUT2D eigenvalue weighted by molar-refractivity contribution is 0.660. The van der Waals surface area contributed by atoms with Crippen LogP contribution in [0.3, 0.4) is 0 Å². The minimum Gasteiger partial charge on any atom is -0.456 e. The van der Waals surface area contributed by atoms with Crippen molar-refractivity contribution in [3.8, 4) is 22.3 Å². The second-order valence-corrected chi connectivity index (χ2v) is 13.7. The molecule has 0 bridgehead atoms. The molecule has 0 saturated carbocycles. The maximum absolute atomic E-state index is 6.30. The molecule has 0 atom stereocenters. The van der Waals surface area contributed by atoms with E-state index in [9.17, 15) is 0 Å². The molecule has 8 aromatic carbocycles. The topological polar surface area (TPSA) is 16.4 Å². The minimum atomic E-state index is -0.125. The van der Waals surface area contributed by atoms with Crippen LogP contribution < -0.4 is 4.90 Å². The Balaban J connectivity index is 1.30. The molecule has 0 radical (unpaired) electrons. The van der Waals surface area contributed by atoms with Gasteiger partial charge in [-0.05, 0) is 91.8 Å². The third-order valence-corrected chi connectivity index (χ3v) is 10.7. The molecule has 0 fully saturated rings. The monoisotopic (exact) mass is 627 g/mol. The highest BCUT2D eigenvalue weighted by Gasteiger charge is 2.36. The normalized spacial score (nSPS) is 13.3. The smallest absolute Gasteiger partial charge is 0.135 e. The number of hydrogen-bond donors (Lipinski definition) is 0. The van der Waals surface area contributed by atoms with Crippen molar-refractivity contribution < 1.29 is 4.42 Å². The highest BCUT2D eigenvalue weighted by molar-refractivity contribution is 6.12. The first kappa shape index (κ1) is 27.9. The van der Waals surface area contributed by atoms with Crippen LogP contribution in [0.25, 0.3) is 65.7 Å². The van der Waals surface area contributed by atoms with Crippen LogP contribution in [0.15, 0.2) is 168 Å². The molecule has 2 nitrogen and oxygen atoms in total. The van der Waals surface area contributed by atoms with Gasteiger partial charge in [-0.15, -0.1) is 0 Å². The van der Waals surface area contributed by atoms with E-state index in [4.69, 9.17) is 4.42 Å². The average molecular weight is 628 g/mol. The Morgan fingerprint density at radius 2 is 1.04 bits per heavy atom. The van der Waals surface area contributed by atoms with Crippen molar-refractivity contribution >= 4 is 60.5 Å². The van der Waals surface area contributed by atoms with E-state index in [1.165, 1.54) is 54.9 Å². The summed E-state index contributed by atoms with van der Waals surface area (Å²) in [6, 6.07) is 59.6. The highest BCUT2D eigenvalue weighted by Crippen LogP contribution is 2.52. The maximum Gasteiger partial charge on any atom is 0.135 e. The molecule has 49 heavy (non-hydrogen) atoms. The van der Waals surface area contributed by atoms with E-state index in [1.54, 1.807) is 0 Å². The SMILES string of the molecule is CC1(C)c2ccccc2-c2ccc(N(c3ccc4oc5ccccc5c4c3)c3ccc4ccccc4c3-c3cccc4ccccc34)cc21. The van der Waals surface area contributed by atoms with Gasteiger partial charge < -0.3 is 9.32 Å². The molecule has 10 rings (SSSR count). The van der Waals surface area contributed by atoms with Crippen molar-refractivity contribution in [2.75, 3.05) is 4.90 Å². The van der Waals surface area contributed by atoms with E-state index < -0.39 is 0 Å².